The minimum absolute atomic E-state index is 0.0196. The molecule has 0 bridgehead atoms. The summed E-state index contributed by atoms with van der Waals surface area (Å²) in [4.78, 5) is 14.0. The van der Waals surface area contributed by atoms with E-state index in [-0.39, 0.29) is 5.92 Å². The lowest BCUT2D eigenvalue weighted by molar-refractivity contribution is -0.109. The molecule has 0 aliphatic heterocycles. The predicted octanol–water partition coefficient (Wildman–Crippen LogP) is 2.86. The van der Waals surface area contributed by atoms with Crippen LogP contribution in [-0.4, -0.2) is 11.3 Å². The molecule has 0 aliphatic rings. The molecule has 0 radical (unpaired) electrons. The molecule has 2 nitrogen and oxygen atoms in total. The van der Waals surface area contributed by atoms with Crippen LogP contribution in [0.2, 0.25) is 0 Å². The maximum Gasteiger partial charge on any atom is 0.127 e. The molecule has 0 aliphatic carbocycles. The van der Waals surface area contributed by atoms with Gasteiger partial charge in [0.15, 0.2) is 0 Å². The van der Waals surface area contributed by atoms with Crippen molar-refractivity contribution in [1.82, 2.24) is 4.98 Å². The Labute approximate surface area is 82.9 Å². The standard InChI is InChI=1S/C12H13NO/c1-2-9(8-14)11-7-13-12-6-4-3-5-10(11)12/h3-9,13H,2H2,1H3. The van der Waals surface area contributed by atoms with Crippen LogP contribution in [0.4, 0.5) is 0 Å². The summed E-state index contributed by atoms with van der Waals surface area (Å²) >= 11 is 0. The molecule has 1 aromatic heterocycles. The maximum atomic E-state index is 10.9. The Morgan fingerprint density at radius 2 is 2.21 bits per heavy atom. The van der Waals surface area contributed by atoms with E-state index in [2.05, 4.69) is 4.98 Å². The molecule has 1 N–H and O–H groups in total. The first-order valence-corrected chi connectivity index (χ1v) is 4.88. The van der Waals surface area contributed by atoms with Gasteiger partial charge >= 0.3 is 0 Å². The summed E-state index contributed by atoms with van der Waals surface area (Å²) in [5.74, 6) is 0.0196. The molecule has 0 fully saturated rings. The number of hydrogen-bond donors (Lipinski definition) is 1. The van der Waals surface area contributed by atoms with E-state index in [4.69, 9.17) is 0 Å². The number of nitrogens with one attached hydrogen (secondary N) is 1. The predicted molar refractivity (Wildman–Crippen MR) is 57.4 cm³/mol. The third kappa shape index (κ3) is 1.33. The van der Waals surface area contributed by atoms with Gasteiger partial charge in [-0.15, -0.1) is 0 Å². The SMILES string of the molecule is CCC(C=O)c1c[nH]c2ccccc12. The summed E-state index contributed by atoms with van der Waals surface area (Å²) in [5.41, 5.74) is 2.21. The van der Waals surface area contributed by atoms with Crippen molar-refractivity contribution >= 4 is 17.2 Å². The molecule has 14 heavy (non-hydrogen) atoms. The van der Waals surface area contributed by atoms with Crippen molar-refractivity contribution < 1.29 is 4.79 Å². The molecule has 0 amide bonds. The number of benzene rings is 1. The summed E-state index contributed by atoms with van der Waals surface area (Å²) in [6, 6.07) is 8.06. The molecule has 2 aromatic rings. The number of rotatable bonds is 3. The largest absolute Gasteiger partial charge is 0.361 e. The quantitative estimate of drug-likeness (QED) is 0.736. The molecule has 0 saturated heterocycles. The van der Waals surface area contributed by atoms with E-state index in [1.54, 1.807) is 0 Å². The number of carbonyl (C=O) groups is 1. The third-order valence-electron chi connectivity index (χ3n) is 2.62. The molecular weight excluding hydrogens is 174 g/mol. The van der Waals surface area contributed by atoms with Gasteiger partial charge in [0.2, 0.25) is 0 Å². The molecule has 1 aromatic carbocycles. The summed E-state index contributed by atoms with van der Waals surface area (Å²) < 4.78 is 0. The second kappa shape index (κ2) is 3.66. The van der Waals surface area contributed by atoms with Crippen LogP contribution >= 0.6 is 0 Å². The van der Waals surface area contributed by atoms with E-state index >= 15 is 0 Å². The van der Waals surface area contributed by atoms with Crippen LogP contribution in [0, 0.1) is 0 Å². The average molecular weight is 187 g/mol. The lowest BCUT2D eigenvalue weighted by Gasteiger charge is -2.04. The van der Waals surface area contributed by atoms with Crippen molar-refractivity contribution in [3.05, 3.63) is 36.0 Å². The number of fused-ring (bicyclic) bond motifs is 1. The Morgan fingerprint density at radius 1 is 1.43 bits per heavy atom. The Hall–Kier alpha value is -1.57. The number of H-pyrrole nitrogens is 1. The molecule has 0 spiro atoms. The van der Waals surface area contributed by atoms with E-state index in [1.807, 2.05) is 37.4 Å². The van der Waals surface area contributed by atoms with Crippen molar-refractivity contribution in [2.24, 2.45) is 0 Å². The maximum absolute atomic E-state index is 10.9. The molecule has 1 atom stereocenters. The highest BCUT2D eigenvalue weighted by Crippen LogP contribution is 2.25. The molecule has 0 saturated carbocycles. The summed E-state index contributed by atoms with van der Waals surface area (Å²) in [6.45, 7) is 2.03. The molecular formula is C12H13NO. The Kier molecular flexibility index (Phi) is 2.35. The van der Waals surface area contributed by atoms with E-state index in [0.717, 1.165) is 29.2 Å². The zero-order valence-corrected chi connectivity index (χ0v) is 8.16. The van der Waals surface area contributed by atoms with E-state index in [1.165, 1.54) is 0 Å². The fraction of sp³-hybridized carbons (Fsp3) is 0.250. The van der Waals surface area contributed by atoms with Crippen molar-refractivity contribution in [2.45, 2.75) is 19.3 Å². The molecule has 2 heteroatoms. The van der Waals surface area contributed by atoms with E-state index in [9.17, 15) is 4.79 Å². The number of para-hydroxylation sites is 1. The third-order valence-corrected chi connectivity index (χ3v) is 2.62. The molecule has 72 valence electrons. The monoisotopic (exact) mass is 187 g/mol. The second-order valence-corrected chi connectivity index (χ2v) is 3.44. The number of carbonyl (C=O) groups excluding carboxylic acids is 1. The normalized spacial score (nSPS) is 12.9. The highest BCUT2D eigenvalue weighted by molar-refractivity contribution is 5.86. The first-order valence-electron chi connectivity index (χ1n) is 4.88. The summed E-state index contributed by atoms with van der Waals surface area (Å²) in [7, 11) is 0. The van der Waals surface area contributed by atoms with Crippen molar-refractivity contribution in [3.8, 4) is 0 Å². The second-order valence-electron chi connectivity index (χ2n) is 3.44. The van der Waals surface area contributed by atoms with Crippen LogP contribution in [0.15, 0.2) is 30.5 Å². The highest BCUT2D eigenvalue weighted by atomic mass is 16.1. The summed E-state index contributed by atoms with van der Waals surface area (Å²) in [6.07, 6.45) is 3.81. The molecule has 2 rings (SSSR count). The van der Waals surface area contributed by atoms with Crippen LogP contribution in [-0.2, 0) is 4.79 Å². The number of aldehydes is 1. The fourth-order valence-corrected chi connectivity index (χ4v) is 1.79. The lowest BCUT2D eigenvalue weighted by Crippen LogP contribution is -1.96. The average Bonchev–Trinajstić information content (AvgIpc) is 2.65. The Morgan fingerprint density at radius 3 is 2.93 bits per heavy atom. The number of aromatic amines is 1. The topological polar surface area (TPSA) is 32.9 Å². The summed E-state index contributed by atoms with van der Waals surface area (Å²) in [5, 5.41) is 1.16. The van der Waals surface area contributed by atoms with Crippen LogP contribution in [0.5, 0.6) is 0 Å². The van der Waals surface area contributed by atoms with Gasteiger partial charge in [-0.25, -0.2) is 0 Å². The fourth-order valence-electron chi connectivity index (χ4n) is 1.79. The van der Waals surface area contributed by atoms with Gasteiger partial charge in [0.1, 0.15) is 6.29 Å². The van der Waals surface area contributed by atoms with Gasteiger partial charge in [0, 0.05) is 23.0 Å². The molecule has 1 heterocycles. The van der Waals surface area contributed by atoms with Gasteiger partial charge in [0.25, 0.3) is 0 Å². The smallest absolute Gasteiger partial charge is 0.127 e. The van der Waals surface area contributed by atoms with Gasteiger partial charge in [-0.05, 0) is 18.1 Å². The van der Waals surface area contributed by atoms with Crippen molar-refractivity contribution in [1.29, 1.82) is 0 Å². The van der Waals surface area contributed by atoms with E-state index in [0.29, 0.717) is 0 Å². The van der Waals surface area contributed by atoms with Gasteiger partial charge < -0.3 is 9.78 Å². The highest BCUT2D eigenvalue weighted by Gasteiger charge is 2.12. The van der Waals surface area contributed by atoms with E-state index < -0.39 is 0 Å². The first-order chi connectivity index (χ1) is 6.86. The van der Waals surface area contributed by atoms with Crippen LogP contribution in [0.3, 0.4) is 0 Å². The van der Waals surface area contributed by atoms with Gasteiger partial charge in [-0.2, -0.15) is 0 Å². The number of hydrogen-bond acceptors (Lipinski definition) is 1. The zero-order chi connectivity index (χ0) is 9.97. The zero-order valence-electron chi connectivity index (χ0n) is 8.16. The van der Waals surface area contributed by atoms with Crippen molar-refractivity contribution in [3.63, 3.8) is 0 Å². The van der Waals surface area contributed by atoms with Gasteiger partial charge in [-0.1, -0.05) is 25.1 Å². The first kappa shape index (κ1) is 9.00. The Bertz CT molecular complexity index is 444. The van der Waals surface area contributed by atoms with Gasteiger partial charge in [0.05, 0.1) is 0 Å². The minimum atomic E-state index is 0.0196. The van der Waals surface area contributed by atoms with Gasteiger partial charge in [-0.3, -0.25) is 0 Å². The lowest BCUT2D eigenvalue weighted by atomic mass is 9.98. The number of aromatic nitrogens is 1. The van der Waals surface area contributed by atoms with Crippen LogP contribution in [0.1, 0.15) is 24.8 Å². The van der Waals surface area contributed by atoms with Crippen molar-refractivity contribution in [2.75, 3.05) is 0 Å². The minimum Gasteiger partial charge on any atom is -0.361 e. The molecule has 1 unspecified atom stereocenters. The Balaban J connectivity index is 2.57. The van der Waals surface area contributed by atoms with Crippen LogP contribution in [0.25, 0.3) is 10.9 Å². The van der Waals surface area contributed by atoms with Crippen LogP contribution < -0.4 is 0 Å².